The Labute approximate surface area is 218 Å². The quantitative estimate of drug-likeness (QED) is 0.300. The second-order valence-corrected chi connectivity index (χ2v) is 5.95. The second-order valence-electron chi connectivity index (χ2n) is 5.95. The minimum atomic E-state index is -9.30. The molecule has 2 nitrogen and oxygen atoms in total. The van der Waals surface area contributed by atoms with Gasteiger partial charge in [0.1, 0.15) is 5.97 Å². The Morgan fingerprint density at radius 2 is 0.543 bits per heavy atom. The summed E-state index contributed by atoms with van der Waals surface area (Å²) in [5.41, 5.74) is 0. The number of carboxylic acids is 1. The molecule has 0 amide bonds. The van der Waals surface area contributed by atoms with E-state index in [0.29, 0.717) is 0 Å². The van der Waals surface area contributed by atoms with Gasteiger partial charge in [-0.15, -0.1) is 0 Å². The van der Waals surface area contributed by atoms with Crippen molar-refractivity contribution in [3.8, 4) is 0 Å². The van der Waals surface area contributed by atoms with Gasteiger partial charge in [-0.05, 0) is 0 Å². The summed E-state index contributed by atoms with van der Waals surface area (Å²) < 4.78 is 269. The summed E-state index contributed by atoms with van der Waals surface area (Å²) in [4.78, 5) is 9.72. The van der Waals surface area contributed by atoms with E-state index in [1.165, 1.54) is 0 Å². The van der Waals surface area contributed by atoms with Crippen LogP contribution in [0.2, 0.25) is 0 Å². The van der Waals surface area contributed by atoms with Gasteiger partial charge in [0, 0.05) is 0 Å². The van der Waals surface area contributed by atoms with Crippen molar-refractivity contribution in [3.05, 3.63) is 0 Å². The fourth-order valence-corrected chi connectivity index (χ4v) is 1.69. The Hall–Kier alpha value is -0.364. The average molecular weight is 602 g/mol. The first-order valence-corrected chi connectivity index (χ1v) is 6.88. The molecule has 0 aromatic carbocycles. The van der Waals surface area contributed by atoms with Crippen molar-refractivity contribution in [2.24, 2.45) is 0 Å². The molecule has 0 aromatic rings. The van der Waals surface area contributed by atoms with Gasteiger partial charge in [-0.3, -0.25) is 0 Å². The molecule has 0 spiro atoms. The van der Waals surface area contributed by atoms with Crippen LogP contribution in [0.25, 0.3) is 0 Å². The fourth-order valence-electron chi connectivity index (χ4n) is 1.69. The Bertz CT molecular complexity index is 796. The molecule has 0 aliphatic heterocycles. The van der Waals surface area contributed by atoms with E-state index in [2.05, 4.69) is 0 Å². The zero-order chi connectivity index (χ0) is 28.6. The third-order valence-corrected chi connectivity index (χ3v) is 3.77. The molecule has 0 heterocycles. The van der Waals surface area contributed by atoms with Crippen LogP contribution in [0.4, 0.5) is 92.2 Å². The number of hydrogen-bond acceptors (Lipinski definition) is 2. The van der Waals surface area contributed by atoms with E-state index >= 15 is 0 Å². The minimum absolute atomic E-state index is 0. The molecule has 35 heavy (non-hydrogen) atoms. The van der Waals surface area contributed by atoms with Crippen LogP contribution in [0.15, 0.2) is 0 Å². The van der Waals surface area contributed by atoms with Gasteiger partial charge in [0.15, 0.2) is 0 Å². The Morgan fingerprint density at radius 1 is 0.371 bits per heavy atom. The molecular weight excluding hydrogens is 602 g/mol. The fraction of sp³-hybridized carbons (Fsp3) is 0.909. The molecule has 0 unspecified atom stereocenters. The molecule has 204 valence electrons. The largest absolute Gasteiger partial charge is 1.00 e. The summed E-state index contributed by atoms with van der Waals surface area (Å²) >= 11 is 0. The van der Waals surface area contributed by atoms with Crippen LogP contribution in [-0.2, 0) is 4.79 Å². The third-order valence-electron chi connectivity index (χ3n) is 3.77. The van der Waals surface area contributed by atoms with Gasteiger partial charge >= 0.3 is 111 Å². The number of rotatable bonds is 9. The summed E-state index contributed by atoms with van der Waals surface area (Å²) in [7, 11) is 0. The van der Waals surface area contributed by atoms with Crippen LogP contribution < -0.4 is 56.5 Å². The summed E-state index contributed by atoms with van der Waals surface area (Å²) in [6.07, 6.45) is -8.05. The first-order valence-electron chi connectivity index (χ1n) is 6.88. The summed E-state index contributed by atoms with van der Waals surface area (Å²) in [6.45, 7) is 0. The van der Waals surface area contributed by atoms with E-state index in [0.717, 1.165) is 0 Å². The standard InChI is InChI=1S/C11HF21O2.K/c12-2(13,1(33)34)3(14,15)4(16,17)5(18,19)6(20,21)7(22,23)8(24,25)9(26,27)10(28,29)11(30,31)32;/h(H,33,34);/q;+1/p-1. The van der Waals surface area contributed by atoms with Crippen molar-refractivity contribution in [3.63, 3.8) is 0 Å². The molecule has 0 saturated heterocycles. The third kappa shape index (κ3) is 4.49. The van der Waals surface area contributed by atoms with Gasteiger partial charge in [-0.2, -0.15) is 92.2 Å². The van der Waals surface area contributed by atoms with E-state index in [1.54, 1.807) is 0 Å². The number of aliphatic carboxylic acids is 1. The number of carbonyl (C=O) groups is 1. The minimum Gasteiger partial charge on any atom is -0.544 e. The predicted octanol–water partition coefficient (Wildman–Crippen LogP) is 2.02. The molecule has 0 aromatic heterocycles. The topological polar surface area (TPSA) is 40.1 Å². The Morgan fingerprint density at radius 3 is 0.714 bits per heavy atom. The van der Waals surface area contributed by atoms with Crippen LogP contribution in [0.3, 0.4) is 0 Å². The van der Waals surface area contributed by atoms with Gasteiger partial charge < -0.3 is 9.90 Å². The Kier molecular flexibility index (Phi) is 9.60. The van der Waals surface area contributed by atoms with E-state index < -0.39 is 65.4 Å². The van der Waals surface area contributed by atoms with Gasteiger partial charge in [-0.25, -0.2) is 0 Å². The van der Waals surface area contributed by atoms with Crippen LogP contribution in [0.1, 0.15) is 0 Å². The zero-order valence-electron chi connectivity index (χ0n) is 15.3. The van der Waals surface area contributed by atoms with Crippen molar-refractivity contribution in [1.82, 2.24) is 0 Å². The normalized spacial score (nSPS) is 16.1. The molecular formula is C11F21KO2. The molecule has 0 fully saturated rings. The van der Waals surface area contributed by atoms with Crippen molar-refractivity contribution in [1.29, 1.82) is 0 Å². The van der Waals surface area contributed by atoms with Crippen LogP contribution in [0, 0.1) is 0 Å². The summed E-state index contributed by atoms with van der Waals surface area (Å²) in [5, 5.41) is 9.72. The number of carbonyl (C=O) groups excluding carboxylic acids is 1. The molecule has 0 radical (unpaired) electrons. The maximum Gasteiger partial charge on any atom is 1.00 e. The van der Waals surface area contributed by atoms with Gasteiger partial charge in [0.05, 0.1) is 0 Å². The molecule has 0 N–H and O–H groups in total. The molecule has 0 aliphatic carbocycles. The summed E-state index contributed by atoms with van der Waals surface area (Å²) in [5.74, 6) is -84.4. The van der Waals surface area contributed by atoms with Crippen LogP contribution in [-0.4, -0.2) is 65.4 Å². The molecule has 0 bridgehead atoms. The molecule has 0 atom stereocenters. The van der Waals surface area contributed by atoms with E-state index in [1.807, 2.05) is 0 Å². The number of carboxylic acid groups (broad SMARTS) is 1. The molecule has 0 saturated carbocycles. The van der Waals surface area contributed by atoms with Crippen molar-refractivity contribution < 1.29 is 153 Å². The molecule has 0 aliphatic rings. The van der Waals surface area contributed by atoms with Crippen LogP contribution in [0.5, 0.6) is 0 Å². The maximum absolute atomic E-state index is 13.2. The Balaban J connectivity index is 0. The molecule has 24 heteroatoms. The smallest absolute Gasteiger partial charge is 0.544 e. The van der Waals surface area contributed by atoms with Crippen molar-refractivity contribution in [2.75, 3.05) is 0 Å². The van der Waals surface area contributed by atoms with Gasteiger partial charge in [0.25, 0.3) is 0 Å². The predicted molar refractivity (Wildman–Crippen MR) is 55.6 cm³/mol. The van der Waals surface area contributed by atoms with Gasteiger partial charge in [-0.1, -0.05) is 0 Å². The molecule has 0 rings (SSSR count). The average Bonchev–Trinajstić information content (AvgIpc) is 2.58. The van der Waals surface area contributed by atoms with E-state index in [4.69, 9.17) is 0 Å². The second kappa shape index (κ2) is 9.13. The number of halogens is 21. The summed E-state index contributed by atoms with van der Waals surface area (Å²) in [6, 6.07) is 0. The first kappa shape index (κ1) is 36.8. The SMILES string of the molecule is O=C([O-])C(F)(F)C(F)(F)C(F)(F)C(F)(F)C(F)(F)C(F)(F)C(F)(F)C(F)(F)C(F)(F)C(F)(F)F.[K+]. The van der Waals surface area contributed by atoms with E-state index in [9.17, 15) is 102 Å². The monoisotopic (exact) mass is 602 g/mol. The van der Waals surface area contributed by atoms with Gasteiger partial charge in [0.2, 0.25) is 0 Å². The number of hydrogen-bond donors (Lipinski definition) is 0. The van der Waals surface area contributed by atoms with Crippen molar-refractivity contribution in [2.45, 2.75) is 59.5 Å². The van der Waals surface area contributed by atoms with Crippen LogP contribution >= 0.6 is 0 Å². The number of alkyl halides is 21. The zero-order valence-corrected chi connectivity index (χ0v) is 18.4. The van der Waals surface area contributed by atoms with Crippen molar-refractivity contribution >= 4 is 5.97 Å². The first-order chi connectivity index (χ1) is 14.2. The van der Waals surface area contributed by atoms with E-state index in [-0.39, 0.29) is 51.4 Å². The maximum atomic E-state index is 13.2.